The van der Waals surface area contributed by atoms with Crippen molar-refractivity contribution >= 4 is 17.2 Å². The van der Waals surface area contributed by atoms with E-state index in [0.29, 0.717) is 12.5 Å². The normalized spacial score (nSPS) is 18.4. The smallest absolute Gasteiger partial charge is 0.237 e. The van der Waals surface area contributed by atoms with Crippen LogP contribution in [0.1, 0.15) is 49.6 Å². The van der Waals surface area contributed by atoms with Gasteiger partial charge in [-0.2, -0.15) is 0 Å². The van der Waals surface area contributed by atoms with Crippen molar-refractivity contribution in [2.24, 2.45) is 0 Å². The van der Waals surface area contributed by atoms with Crippen LogP contribution >= 0.6 is 11.3 Å². The summed E-state index contributed by atoms with van der Waals surface area (Å²) in [6, 6.07) is 4.09. The molecule has 2 aromatic rings. The first-order valence-corrected chi connectivity index (χ1v) is 9.40. The lowest BCUT2D eigenvalue weighted by Gasteiger charge is -2.28. The van der Waals surface area contributed by atoms with Crippen molar-refractivity contribution < 1.29 is 4.79 Å². The third-order valence-corrected chi connectivity index (χ3v) is 5.26. The van der Waals surface area contributed by atoms with Gasteiger partial charge in [-0.25, -0.2) is 0 Å². The second-order valence-corrected chi connectivity index (χ2v) is 7.69. The number of rotatable bonds is 6. The van der Waals surface area contributed by atoms with Crippen LogP contribution in [-0.2, 0) is 24.3 Å². The topological polar surface area (TPSA) is 71.8 Å². The maximum atomic E-state index is 12.3. The molecule has 0 radical (unpaired) electrons. The van der Waals surface area contributed by atoms with Gasteiger partial charge in [0.15, 0.2) is 0 Å². The minimum Gasteiger partial charge on any atom is -0.350 e. The Balaban J connectivity index is 1.54. The molecule has 1 aliphatic heterocycles. The van der Waals surface area contributed by atoms with E-state index in [9.17, 15) is 4.79 Å². The molecule has 2 atom stereocenters. The third-order valence-electron chi connectivity index (χ3n) is 4.39. The van der Waals surface area contributed by atoms with Crippen molar-refractivity contribution in [2.45, 2.75) is 64.7 Å². The molecule has 3 heterocycles. The van der Waals surface area contributed by atoms with Gasteiger partial charge in [-0.3, -0.25) is 4.79 Å². The molecule has 2 aromatic heterocycles. The van der Waals surface area contributed by atoms with Crippen molar-refractivity contribution in [3.63, 3.8) is 0 Å². The van der Waals surface area contributed by atoms with Crippen molar-refractivity contribution in [1.29, 1.82) is 0 Å². The Kier molecular flexibility index (Phi) is 5.30. The lowest BCUT2D eigenvalue weighted by atomic mass is 10.0. The highest BCUT2D eigenvalue weighted by Gasteiger charge is 2.26. The Bertz CT molecular complexity index is 679. The molecular weight excluding hydrogens is 322 g/mol. The van der Waals surface area contributed by atoms with E-state index in [1.807, 2.05) is 24.4 Å². The molecule has 0 fully saturated rings. The zero-order valence-electron chi connectivity index (χ0n) is 14.5. The molecule has 0 aromatic carbocycles. The van der Waals surface area contributed by atoms with E-state index in [2.05, 4.69) is 39.2 Å². The van der Waals surface area contributed by atoms with E-state index in [1.54, 1.807) is 11.3 Å². The number of fused-ring (bicyclic) bond motifs is 1. The van der Waals surface area contributed by atoms with Gasteiger partial charge in [0.2, 0.25) is 5.91 Å². The Hall–Kier alpha value is -1.73. The number of hydrogen-bond donors (Lipinski definition) is 2. The summed E-state index contributed by atoms with van der Waals surface area (Å²) in [6.45, 7) is 7.62. The van der Waals surface area contributed by atoms with Crippen LogP contribution in [0, 0.1) is 0 Å². The fourth-order valence-electron chi connectivity index (χ4n) is 3.08. The Morgan fingerprint density at radius 3 is 2.96 bits per heavy atom. The van der Waals surface area contributed by atoms with Gasteiger partial charge in [0.1, 0.15) is 11.6 Å². The molecule has 6 nitrogen and oxygen atoms in total. The summed E-state index contributed by atoms with van der Waals surface area (Å²) in [7, 11) is 0. The summed E-state index contributed by atoms with van der Waals surface area (Å²) in [4.78, 5) is 13.5. The molecule has 130 valence electrons. The molecule has 0 spiro atoms. The minimum absolute atomic E-state index is 0.0436. The van der Waals surface area contributed by atoms with Gasteiger partial charge >= 0.3 is 0 Å². The number of thiophene rings is 1. The van der Waals surface area contributed by atoms with Crippen LogP contribution in [0.15, 0.2) is 17.5 Å². The van der Waals surface area contributed by atoms with Gasteiger partial charge in [0.25, 0.3) is 0 Å². The fourth-order valence-corrected chi connectivity index (χ4v) is 3.73. The van der Waals surface area contributed by atoms with Crippen LogP contribution in [0.2, 0.25) is 0 Å². The molecule has 0 aliphatic carbocycles. The van der Waals surface area contributed by atoms with Crippen molar-refractivity contribution in [1.82, 2.24) is 25.4 Å². The maximum absolute atomic E-state index is 12.3. The predicted molar refractivity (Wildman–Crippen MR) is 95.0 cm³/mol. The molecule has 0 bridgehead atoms. The number of nitrogens with one attached hydrogen (secondary N) is 2. The van der Waals surface area contributed by atoms with Gasteiger partial charge in [0, 0.05) is 29.8 Å². The van der Waals surface area contributed by atoms with Crippen LogP contribution < -0.4 is 10.6 Å². The highest BCUT2D eigenvalue weighted by molar-refractivity contribution is 7.09. The monoisotopic (exact) mass is 347 g/mol. The van der Waals surface area contributed by atoms with E-state index in [-0.39, 0.29) is 18.0 Å². The Labute approximate surface area is 146 Å². The molecule has 0 saturated carbocycles. The van der Waals surface area contributed by atoms with Crippen LogP contribution in [0.4, 0.5) is 0 Å². The summed E-state index contributed by atoms with van der Waals surface area (Å²) in [5, 5.41) is 17.1. The maximum Gasteiger partial charge on any atom is 0.237 e. The first-order chi connectivity index (χ1) is 11.5. The highest BCUT2D eigenvalue weighted by atomic mass is 32.1. The SMILES string of the molecule is CC(C)c1nnc2n1C[C@H](N[C@@H](C)C(=O)NCc1cccs1)CC2. The number of carbonyl (C=O) groups excluding carboxylic acids is 1. The number of aromatic nitrogens is 3. The highest BCUT2D eigenvalue weighted by Crippen LogP contribution is 2.20. The number of hydrogen-bond acceptors (Lipinski definition) is 5. The molecule has 2 N–H and O–H groups in total. The third kappa shape index (κ3) is 3.84. The molecular formula is C17H25N5OS. The number of amides is 1. The average Bonchev–Trinajstić information content (AvgIpc) is 3.21. The fraction of sp³-hybridized carbons (Fsp3) is 0.588. The lowest BCUT2D eigenvalue weighted by Crippen LogP contribution is -2.49. The summed E-state index contributed by atoms with van der Waals surface area (Å²) in [6.07, 6.45) is 1.89. The van der Waals surface area contributed by atoms with Crippen LogP contribution in [0.25, 0.3) is 0 Å². The summed E-state index contributed by atoms with van der Waals surface area (Å²) < 4.78 is 2.21. The van der Waals surface area contributed by atoms with E-state index >= 15 is 0 Å². The van der Waals surface area contributed by atoms with E-state index in [0.717, 1.165) is 31.0 Å². The van der Waals surface area contributed by atoms with Crippen molar-refractivity contribution in [2.75, 3.05) is 0 Å². The lowest BCUT2D eigenvalue weighted by molar-refractivity contribution is -0.123. The number of carbonyl (C=O) groups is 1. The molecule has 24 heavy (non-hydrogen) atoms. The average molecular weight is 347 g/mol. The Morgan fingerprint density at radius 2 is 2.25 bits per heavy atom. The zero-order chi connectivity index (χ0) is 17.1. The zero-order valence-corrected chi connectivity index (χ0v) is 15.3. The predicted octanol–water partition coefficient (Wildman–Crippen LogP) is 2.07. The van der Waals surface area contributed by atoms with E-state index in [4.69, 9.17) is 0 Å². The van der Waals surface area contributed by atoms with Crippen LogP contribution in [0.5, 0.6) is 0 Å². The second-order valence-electron chi connectivity index (χ2n) is 6.66. The molecule has 7 heteroatoms. The van der Waals surface area contributed by atoms with Crippen molar-refractivity contribution in [3.05, 3.63) is 34.0 Å². The second kappa shape index (κ2) is 7.44. The summed E-state index contributed by atoms with van der Waals surface area (Å²) >= 11 is 1.66. The van der Waals surface area contributed by atoms with Gasteiger partial charge in [-0.05, 0) is 24.8 Å². The van der Waals surface area contributed by atoms with Crippen LogP contribution in [-0.4, -0.2) is 32.8 Å². The molecule has 0 saturated heterocycles. The Morgan fingerprint density at radius 1 is 1.42 bits per heavy atom. The van der Waals surface area contributed by atoms with Gasteiger partial charge in [-0.1, -0.05) is 19.9 Å². The van der Waals surface area contributed by atoms with Crippen LogP contribution in [0.3, 0.4) is 0 Å². The first kappa shape index (κ1) is 17.1. The minimum atomic E-state index is -0.213. The van der Waals surface area contributed by atoms with Gasteiger partial charge in [0.05, 0.1) is 12.6 Å². The molecule has 0 unspecified atom stereocenters. The van der Waals surface area contributed by atoms with Crippen molar-refractivity contribution in [3.8, 4) is 0 Å². The molecule has 3 rings (SSSR count). The van der Waals surface area contributed by atoms with Gasteiger partial charge < -0.3 is 15.2 Å². The largest absolute Gasteiger partial charge is 0.350 e. The number of nitrogens with zero attached hydrogens (tertiary/aromatic N) is 3. The summed E-state index contributed by atoms with van der Waals surface area (Å²) in [5.74, 6) is 2.50. The molecule has 1 amide bonds. The van der Waals surface area contributed by atoms with E-state index < -0.39 is 0 Å². The number of aryl methyl sites for hydroxylation is 1. The standard InChI is InChI=1S/C17H25N5OS/c1-11(2)16-21-20-15-7-6-13(10-22(15)16)19-12(3)17(23)18-9-14-5-4-8-24-14/h4-5,8,11-13,19H,6-7,9-10H2,1-3H3,(H,18,23)/t12-,13+/m0/s1. The van der Waals surface area contributed by atoms with E-state index in [1.165, 1.54) is 4.88 Å². The first-order valence-electron chi connectivity index (χ1n) is 8.52. The van der Waals surface area contributed by atoms with Gasteiger partial charge in [-0.15, -0.1) is 21.5 Å². The molecule has 1 aliphatic rings. The quantitative estimate of drug-likeness (QED) is 0.839. The summed E-state index contributed by atoms with van der Waals surface area (Å²) in [5.41, 5.74) is 0.